The maximum absolute atomic E-state index is 12.0. The van der Waals surface area contributed by atoms with Crippen LogP contribution in [0, 0.1) is 18.5 Å². The Balaban J connectivity index is 2.24. The Morgan fingerprint density at radius 2 is 2.00 bits per heavy atom. The van der Waals surface area contributed by atoms with E-state index in [-0.39, 0.29) is 5.91 Å². The highest BCUT2D eigenvalue weighted by atomic mass is 32.1. The highest BCUT2D eigenvalue weighted by Gasteiger charge is 2.07. The zero-order chi connectivity index (χ0) is 13.1. The van der Waals surface area contributed by atoms with Crippen molar-refractivity contribution in [3.63, 3.8) is 0 Å². The number of amides is 1. The number of carbonyl (C=O) groups excluding carboxylic acids is 1. The summed E-state index contributed by atoms with van der Waals surface area (Å²) in [5.74, 6) is -0.194. The van der Waals surface area contributed by atoms with Gasteiger partial charge in [0.2, 0.25) is 0 Å². The van der Waals surface area contributed by atoms with Gasteiger partial charge in [0, 0.05) is 11.9 Å². The van der Waals surface area contributed by atoms with Crippen molar-refractivity contribution in [3.05, 3.63) is 57.9 Å². The van der Waals surface area contributed by atoms with E-state index in [4.69, 9.17) is 12.2 Å². The molecular weight excluding hydrogens is 244 g/mol. The van der Waals surface area contributed by atoms with Gasteiger partial charge in [-0.15, -0.1) is 0 Å². The second kappa shape index (κ2) is 5.14. The topological polar surface area (TPSA) is 44.9 Å². The zero-order valence-corrected chi connectivity index (χ0v) is 11.1. The van der Waals surface area contributed by atoms with Gasteiger partial charge in [0.25, 0.3) is 5.91 Å². The predicted molar refractivity (Wildman–Crippen MR) is 75.5 cm³/mol. The van der Waals surface area contributed by atoms with Crippen LogP contribution in [-0.4, -0.2) is 10.9 Å². The molecule has 2 N–H and O–H groups in total. The van der Waals surface area contributed by atoms with E-state index in [2.05, 4.69) is 10.3 Å². The molecule has 0 aliphatic heterocycles. The smallest absolute Gasteiger partial charge is 0.258 e. The molecule has 0 fully saturated rings. The molecule has 0 spiro atoms. The van der Waals surface area contributed by atoms with E-state index in [0.29, 0.717) is 10.2 Å². The molecule has 0 saturated heterocycles. The minimum atomic E-state index is -0.194. The molecule has 0 aliphatic carbocycles. The van der Waals surface area contributed by atoms with Crippen molar-refractivity contribution in [2.75, 3.05) is 5.32 Å². The van der Waals surface area contributed by atoms with Crippen LogP contribution in [0.25, 0.3) is 0 Å². The quantitative estimate of drug-likeness (QED) is 0.808. The summed E-state index contributed by atoms with van der Waals surface area (Å²) in [6.45, 7) is 4.05. The highest BCUT2D eigenvalue weighted by Crippen LogP contribution is 2.15. The third-order valence-corrected chi connectivity index (χ3v) is 3.17. The van der Waals surface area contributed by atoms with Gasteiger partial charge in [-0.2, -0.15) is 0 Å². The summed E-state index contributed by atoms with van der Waals surface area (Å²) in [4.78, 5) is 14.9. The number of rotatable bonds is 2. The zero-order valence-electron chi connectivity index (χ0n) is 10.3. The standard InChI is InChI=1S/C14H14N2OS/c1-9-5-6-11(8-10(9)2)16-13(17)12-4-3-7-15-14(12)18/h3-8H,1-2H3,(H,15,18)(H,16,17). The van der Waals surface area contributed by atoms with Gasteiger partial charge in [-0.05, 0) is 49.2 Å². The summed E-state index contributed by atoms with van der Waals surface area (Å²) in [5, 5.41) is 2.84. The van der Waals surface area contributed by atoms with Crippen LogP contribution >= 0.6 is 12.2 Å². The highest BCUT2D eigenvalue weighted by molar-refractivity contribution is 7.71. The largest absolute Gasteiger partial charge is 0.352 e. The fourth-order valence-electron chi connectivity index (χ4n) is 1.62. The van der Waals surface area contributed by atoms with Gasteiger partial charge in [-0.1, -0.05) is 18.3 Å². The molecule has 3 nitrogen and oxygen atoms in total. The first-order chi connectivity index (χ1) is 8.58. The van der Waals surface area contributed by atoms with Gasteiger partial charge in [0.15, 0.2) is 0 Å². The number of aromatic nitrogens is 1. The van der Waals surface area contributed by atoms with Gasteiger partial charge in [0.05, 0.1) is 5.56 Å². The van der Waals surface area contributed by atoms with Gasteiger partial charge in [-0.25, -0.2) is 0 Å². The molecule has 1 amide bonds. The lowest BCUT2D eigenvalue weighted by Gasteiger charge is -2.07. The van der Waals surface area contributed by atoms with Crippen LogP contribution < -0.4 is 5.32 Å². The molecule has 4 heteroatoms. The summed E-state index contributed by atoms with van der Waals surface area (Å²) in [6, 6.07) is 9.27. The van der Waals surface area contributed by atoms with Crippen LogP contribution in [0.3, 0.4) is 0 Å². The summed E-state index contributed by atoms with van der Waals surface area (Å²) < 4.78 is 0.443. The number of H-pyrrole nitrogens is 1. The summed E-state index contributed by atoms with van der Waals surface area (Å²) in [7, 11) is 0. The average Bonchev–Trinajstić information content (AvgIpc) is 2.34. The van der Waals surface area contributed by atoms with Gasteiger partial charge in [-0.3, -0.25) is 4.79 Å². The molecule has 2 rings (SSSR count). The Bertz CT molecular complexity index is 646. The molecule has 0 atom stereocenters. The summed E-state index contributed by atoms with van der Waals surface area (Å²) in [5.41, 5.74) is 3.60. The van der Waals surface area contributed by atoms with Crippen molar-refractivity contribution in [3.8, 4) is 0 Å². The number of aryl methyl sites for hydroxylation is 2. The number of anilines is 1. The van der Waals surface area contributed by atoms with Crippen molar-refractivity contribution in [2.24, 2.45) is 0 Å². The van der Waals surface area contributed by atoms with E-state index in [1.54, 1.807) is 18.3 Å². The van der Waals surface area contributed by atoms with Crippen molar-refractivity contribution < 1.29 is 4.79 Å². The number of pyridine rings is 1. The second-order valence-corrected chi connectivity index (χ2v) is 4.57. The number of benzene rings is 1. The van der Waals surface area contributed by atoms with E-state index >= 15 is 0 Å². The van der Waals surface area contributed by atoms with E-state index < -0.39 is 0 Å². The minimum Gasteiger partial charge on any atom is -0.352 e. The maximum atomic E-state index is 12.0. The Labute approximate surface area is 111 Å². The van der Waals surface area contributed by atoms with Crippen LogP contribution in [0.1, 0.15) is 21.5 Å². The number of aromatic amines is 1. The summed E-state index contributed by atoms with van der Waals surface area (Å²) in [6.07, 6.45) is 1.70. The molecule has 1 aromatic heterocycles. The van der Waals surface area contributed by atoms with Gasteiger partial charge >= 0.3 is 0 Å². The monoisotopic (exact) mass is 258 g/mol. The van der Waals surface area contributed by atoms with E-state index in [0.717, 1.165) is 11.3 Å². The molecular formula is C14H14N2OS. The lowest BCUT2D eigenvalue weighted by atomic mass is 10.1. The lowest BCUT2D eigenvalue weighted by molar-refractivity contribution is 0.102. The van der Waals surface area contributed by atoms with Gasteiger partial charge in [0.1, 0.15) is 4.64 Å². The van der Waals surface area contributed by atoms with Crippen molar-refractivity contribution in [1.29, 1.82) is 0 Å². The Morgan fingerprint density at radius 3 is 2.67 bits per heavy atom. The molecule has 92 valence electrons. The first-order valence-corrected chi connectivity index (χ1v) is 6.05. The fourth-order valence-corrected chi connectivity index (χ4v) is 1.85. The SMILES string of the molecule is Cc1ccc(NC(=O)c2ccc[nH]c2=S)cc1C. The Kier molecular flexibility index (Phi) is 3.58. The maximum Gasteiger partial charge on any atom is 0.258 e. The Morgan fingerprint density at radius 1 is 1.22 bits per heavy atom. The molecule has 0 unspecified atom stereocenters. The van der Waals surface area contributed by atoms with Crippen LogP contribution in [0.15, 0.2) is 36.5 Å². The normalized spacial score (nSPS) is 10.1. The van der Waals surface area contributed by atoms with E-state index in [1.807, 2.05) is 32.0 Å². The third kappa shape index (κ3) is 2.65. The van der Waals surface area contributed by atoms with Crippen LogP contribution in [-0.2, 0) is 0 Å². The number of hydrogen-bond donors (Lipinski definition) is 2. The fraction of sp³-hybridized carbons (Fsp3) is 0.143. The van der Waals surface area contributed by atoms with E-state index in [1.165, 1.54) is 5.56 Å². The Hall–Kier alpha value is -1.94. The third-order valence-electron chi connectivity index (χ3n) is 2.83. The van der Waals surface area contributed by atoms with Crippen molar-refractivity contribution >= 4 is 23.8 Å². The first kappa shape index (κ1) is 12.5. The van der Waals surface area contributed by atoms with E-state index in [9.17, 15) is 4.79 Å². The first-order valence-electron chi connectivity index (χ1n) is 5.64. The molecule has 2 aromatic rings. The minimum absolute atomic E-state index is 0.194. The van der Waals surface area contributed by atoms with Crippen molar-refractivity contribution in [1.82, 2.24) is 4.98 Å². The molecule has 18 heavy (non-hydrogen) atoms. The van der Waals surface area contributed by atoms with Crippen LogP contribution in [0.4, 0.5) is 5.69 Å². The van der Waals surface area contributed by atoms with Crippen LogP contribution in [0.2, 0.25) is 0 Å². The second-order valence-electron chi connectivity index (χ2n) is 4.17. The lowest BCUT2D eigenvalue weighted by Crippen LogP contribution is -2.13. The van der Waals surface area contributed by atoms with Gasteiger partial charge < -0.3 is 10.3 Å². The number of nitrogens with one attached hydrogen (secondary N) is 2. The summed E-state index contributed by atoms with van der Waals surface area (Å²) >= 11 is 5.07. The van der Waals surface area contributed by atoms with Crippen molar-refractivity contribution in [2.45, 2.75) is 13.8 Å². The molecule has 0 bridgehead atoms. The molecule has 0 saturated carbocycles. The van der Waals surface area contributed by atoms with Crippen LogP contribution in [0.5, 0.6) is 0 Å². The number of hydrogen-bond acceptors (Lipinski definition) is 2. The number of carbonyl (C=O) groups is 1. The molecule has 1 aromatic carbocycles. The molecule has 1 heterocycles. The molecule has 0 aliphatic rings. The average molecular weight is 258 g/mol. The molecule has 0 radical (unpaired) electrons. The predicted octanol–water partition coefficient (Wildman–Crippen LogP) is 3.61.